The van der Waals surface area contributed by atoms with Gasteiger partial charge in [0.1, 0.15) is 11.5 Å². The molecule has 3 aliphatic rings. The van der Waals surface area contributed by atoms with Crippen molar-refractivity contribution in [2.24, 2.45) is 5.92 Å². The minimum Gasteiger partial charge on any atom is -0.497 e. The average molecular weight is 377 g/mol. The number of benzene rings is 2. The fraction of sp³-hybridized carbons (Fsp3) is 0.458. The van der Waals surface area contributed by atoms with E-state index in [4.69, 9.17) is 9.47 Å². The maximum absolute atomic E-state index is 13.1. The molecular weight excluding hydrogens is 350 g/mol. The Morgan fingerprint density at radius 3 is 2.68 bits per heavy atom. The molecule has 4 heteroatoms. The molecule has 2 aromatic rings. The highest BCUT2D eigenvalue weighted by atomic mass is 16.5. The second-order valence-corrected chi connectivity index (χ2v) is 8.22. The molecule has 2 aromatic carbocycles. The molecular formula is C24H27NO3. The standard InChI is InChI=1S/C24H27NO3/c1-4-25-22(26)13-17-11-16-12-18(27-2)14-21(28-3)23(16)20-10-9-15-7-5-6-8-19(15)24(17,20)25/h5-8,12,14,17,20H,4,9-11,13H2,1-3H3/t17-,20+,24-/m0/s1. The van der Waals surface area contributed by atoms with Crippen molar-refractivity contribution in [2.45, 2.75) is 44.1 Å². The zero-order chi connectivity index (χ0) is 19.5. The number of fused-ring (bicyclic) bond motifs is 3. The maximum atomic E-state index is 13.1. The largest absolute Gasteiger partial charge is 0.497 e. The average Bonchev–Trinajstić information content (AvgIpc) is 3.01. The number of carbonyl (C=O) groups excluding carboxylic acids is 1. The Morgan fingerprint density at radius 1 is 1.11 bits per heavy atom. The summed E-state index contributed by atoms with van der Waals surface area (Å²) < 4.78 is 11.4. The van der Waals surface area contributed by atoms with Gasteiger partial charge in [-0.3, -0.25) is 4.79 Å². The molecule has 0 aromatic heterocycles. The van der Waals surface area contributed by atoms with Gasteiger partial charge in [-0.2, -0.15) is 0 Å². The number of nitrogens with zero attached hydrogens (tertiary/aromatic N) is 1. The number of aryl methyl sites for hydroxylation is 1. The Morgan fingerprint density at radius 2 is 1.93 bits per heavy atom. The van der Waals surface area contributed by atoms with Crippen LogP contribution in [0.2, 0.25) is 0 Å². The molecule has 146 valence electrons. The smallest absolute Gasteiger partial charge is 0.223 e. The van der Waals surface area contributed by atoms with E-state index in [9.17, 15) is 4.79 Å². The van der Waals surface area contributed by atoms with Gasteiger partial charge in [0.2, 0.25) is 5.91 Å². The predicted molar refractivity (Wildman–Crippen MR) is 108 cm³/mol. The molecule has 1 amide bonds. The lowest BCUT2D eigenvalue weighted by atomic mass is 9.56. The van der Waals surface area contributed by atoms with Gasteiger partial charge in [0.25, 0.3) is 0 Å². The van der Waals surface area contributed by atoms with Crippen LogP contribution >= 0.6 is 0 Å². The number of methoxy groups -OCH3 is 2. The van der Waals surface area contributed by atoms with Crippen LogP contribution in [0.3, 0.4) is 0 Å². The molecule has 28 heavy (non-hydrogen) atoms. The Labute approximate surface area is 166 Å². The number of ether oxygens (including phenoxy) is 2. The second-order valence-electron chi connectivity index (χ2n) is 8.22. The monoisotopic (exact) mass is 377 g/mol. The third kappa shape index (κ3) is 2.09. The zero-order valence-corrected chi connectivity index (χ0v) is 16.8. The molecule has 0 N–H and O–H groups in total. The summed E-state index contributed by atoms with van der Waals surface area (Å²) in [5.74, 6) is 2.55. The van der Waals surface area contributed by atoms with Gasteiger partial charge < -0.3 is 14.4 Å². The van der Waals surface area contributed by atoms with Gasteiger partial charge in [0, 0.05) is 30.5 Å². The first-order valence-corrected chi connectivity index (χ1v) is 10.3. The first kappa shape index (κ1) is 17.6. The van der Waals surface area contributed by atoms with E-state index in [1.807, 2.05) is 6.07 Å². The summed E-state index contributed by atoms with van der Waals surface area (Å²) in [7, 11) is 3.44. The van der Waals surface area contributed by atoms with Crippen molar-refractivity contribution in [3.05, 3.63) is 58.7 Å². The summed E-state index contributed by atoms with van der Waals surface area (Å²) in [6.45, 7) is 2.86. The lowest BCUT2D eigenvalue weighted by Crippen LogP contribution is -2.55. The molecule has 5 rings (SSSR count). The van der Waals surface area contributed by atoms with Crippen LogP contribution in [0.25, 0.3) is 0 Å². The molecule has 1 fully saturated rings. The van der Waals surface area contributed by atoms with Crippen LogP contribution in [0.5, 0.6) is 11.5 Å². The molecule has 0 saturated carbocycles. The second kappa shape index (κ2) is 6.26. The number of rotatable bonds is 3. The Hall–Kier alpha value is -2.49. The molecule has 0 radical (unpaired) electrons. The minimum absolute atomic E-state index is 0.253. The summed E-state index contributed by atoms with van der Waals surface area (Å²) in [5, 5.41) is 0. The van der Waals surface area contributed by atoms with Crippen molar-refractivity contribution in [3.8, 4) is 11.5 Å². The third-order valence-electron chi connectivity index (χ3n) is 7.26. The molecule has 4 nitrogen and oxygen atoms in total. The first-order chi connectivity index (χ1) is 13.6. The van der Waals surface area contributed by atoms with Crippen molar-refractivity contribution in [1.29, 1.82) is 0 Å². The van der Waals surface area contributed by atoms with Crippen molar-refractivity contribution in [2.75, 3.05) is 20.8 Å². The number of amides is 1. The highest BCUT2D eigenvalue weighted by molar-refractivity contribution is 5.82. The quantitative estimate of drug-likeness (QED) is 0.810. The molecule has 1 heterocycles. The lowest BCUT2D eigenvalue weighted by molar-refractivity contribution is -0.132. The number of likely N-dealkylation sites (tertiary alicyclic amines) is 1. The normalized spacial score (nSPS) is 27.5. The summed E-state index contributed by atoms with van der Waals surface area (Å²) in [5.41, 5.74) is 5.06. The van der Waals surface area contributed by atoms with Gasteiger partial charge in [-0.05, 0) is 54.9 Å². The topological polar surface area (TPSA) is 38.8 Å². The van der Waals surface area contributed by atoms with Crippen molar-refractivity contribution in [1.82, 2.24) is 4.90 Å². The molecule has 3 atom stereocenters. The van der Waals surface area contributed by atoms with E-state index < -0.39 is 0 Å². The van der Waals surface area contributed by atoms with Crippen molar-refractivity contribution in [3.63, 3.8) is 0 Å². The highest BCUT2D eigenvalue weighted by Gasteiger charge is 2.62. The van der Waals surface area contributed by atoms with Gasteiger partial charge in [0.05, 0.1) is 19.8 Å². The summed E-state index contributed by atoms with van der Waals surface area (Å²) >= 11 is 0. The SMILES string of the molecule is CCN1C(=O)C[C@@H]2Cc3cc(OC)cc(OC)c3[C@H]3CCc4ccccc4[C@@]231. The molecule has 0 unspecified atom stereocenters. The van der Waals surface area contributed by atoms with E-state index in [2.05, 4.69) is 42.2 Å². The summed E-state index contributed by atoms with van der Waals surface area (Å²) in [6.07, 6.45) is 3.58. The Kier molecular flexibility index (Phi) is 3.94. The Balaban J connectivity index is 1.81. The van der Waals surface area contributed by atoms with Gasteiger partial charge >= 0.3 is 0 Å². The predicted octanol–water partition coefficient (Wildman–Crippen LogP) is 4.05. The van der Waals surface area contributed by atoms with Crippen LogP contribution in [0.4, 0.5) is 0 Å². The fourth-order valence-electron chi connectivity index (χ4n) is 6.38. The van der Waals surface area contributed by atoms with Crippen LogP contribution in [-0.2, 0) is 23.2 Å². The molecule has 1 saturated heterocycles. The number of likely N-dealkylation sites (N-methyl/N-ethyl adjacent to an activating group) is 1. The molecule has 2 aliphatic carbocycles. The van der Waals surface area contributed by atoms with E-state index >= 15 is 0 Å². The van der Waals surface area contributed by atoms with Gasteiger partial charge in [-0.25, -0.2) is 0 Å². The number of hydrogen-bond acceptors (Lipinski definition) is 3. The Bertz CT molecular complexity index is 953. The number of hydrogen-bond donors (Lipinski definition) is 0. The van der Waals surface area contributed by atoms with Crippen LogP contribution in [-0.4, -0.2) is 31.6 Å². The lowest BCUT2D eigenvalue weighted by Gasteiger charge is -2.54. The van der Waals surface area contributed by atoms with Gasteiger partial charge in [0.15, 0.2) is 0 Å². The van der Waals surface area contributed by atoms with Gasteiger partial charge in [-0.1, -0.05) is 24.3 Å². The van der Waals surface area contributed by atoms with Crippen LogP contribution in [0.15, 0.2) is 36.4 Å². The first-order valence-electron chi connectivity index (χ1n) is 10.3. The van der Waals surface area contributed by atoms with E-state index in [-0.39, 0.29) is 23.3 Å². The zero-order valence-electron chi connectivity index (χ0n) is 16.8. The van der Waals surface area contributed by atoms with Crippen LogP contribution in [0.1, 0.15) is 47.9 Å². The van der Waals surface area contributed by atoms with Crippen molar-refractivity contribution < 1.29 is 14.3 Å². The van der Waals surface area contributed by atoms with Crippen LogP contribution < -0.4 is 9.47 Å². The van der Waals surface area contributed by atoms with E-state index in [0.717, 1.165) is 37.3 Å². The fourth-order valence-corrected chi connectivity index (χ4v) is 6.38. The van der Waals surface area contributed by atoms with Gasteiger partial charge in [-0.15, -0.1) is 0 Å². The molecule has 0 bridgehead atoms. The summed E-state index contributed by atoms with van der Waals surface area (Å²) in [6, 6.07) is 12.9. The van der Waals surface area contributed by atoms with E-state index in [1.54, 1.807) is 14.2 Å². The van der Waals surface area contributed by atoms with E-state index in [0.29, 0.717) is 6.42 Å². The third-order valence-corrected chi connectivity index (χ3v) is 7.26. The highest BCUT2D eigenvalue weighted by Crippen LogP contribution is 2.63. The maximum Gasteiger partial charge on any atom is 0.223 e. The van der Waals surface area contributed by atoms with Crippen LogP contribution in [0, 0.1) is 5.92 Å². The van der Waals surface area contributed by atoms with E-state index in [1.165, 1.54) is 22.3 Å². The molecule has 1 spiro atoms. The number of carbonyl (C=O) groups is 1. The summed E-state index contributed by atoms with van der Waals surface area (Å²) in [4.78, 5) is 15.3. The molecule has 1 aliphatic heterocycles. The minimum atomic E-state index is -0.254. The van der Waals surface area contributed by atoms with Crippen molar-refractivity contribution >= 4 is 5.91 Å².